The highest BCUT2D eigenvalue weighted by molar-refractivity contribution is 5.48. The van der Waals surface area contributed by atoms with Crippen molar-refractivity contribution in [1.82, 2.24) is 0 Å². The van der Waals surface area contributed by atoms with Crippen LogP contribution in [0.2, 0.25) is 0 Å². The lowest BCUT2D eigenvalue weighted by atomic mass is 10.0. The smallest absolute Gasteiger partial charge is 0.0911 e. The zero-order valence-electron chi connectivity index (χ0n) is 9.61. The molecule has 2 nitrogen and oxygen atoms in total. The monoisotopic (exact) mass is 212 g/mol. The van der Waals surface area contributed by atoms with Gasteiger partial charge in [-0.25, -0.2) is 0 Å². The van der Waals surface area contributed by atoms with Crippen LogP contribution in [-0.4, -0.2) is 13.1 Å². The molecule has 1 aromatic carbocycles. The van der Waals surface area contributed by atoms with E-state index in [4.69, 9.17) is 5.26 Å². The van der Waals surface area contributed by atoms with Crippen molar-refractivity contribution in [1.29, 1.82) is 5.26 Å². The zero-order valence-corrected chi connectivity index (χ0v) is 9.61. The van der Waals surface area contributed by atoms with Gasteiger partial charge in [-0.2, -0.15) is 5.26 Å². The van der Waals surface area contributed by atoms with Crippen molar-refractivity contribution in [2.45, 2.75) is 19.8 Å². The van der Waals surface area contributed by atoms with Crippen molar-refractivity contribution in [3.8, 4) is 6.07 Å². The van der Waals surface area contributed by atoms with E-state index in [9.17, 15) is 0 Å². The highest BCUT2D eigenvalue weighted by Crippen LogP contribution is 2.22. The van der Waals surface area contributed by atoms with E-state index in [0.29, 0.717) is 0 Å². The molecule has 0 aromatic heterocycles. The Morgan fingerprint density at radius 3 is 2.38 bits per heavy atom. The van der Waals surface area contributed by atoms with Crippen molar-refractivity contribution in [3.05, 3.63) is 41.5 Å². The van der Waals surface area contributed by atoms with Crippen LogP contribution in [0.25, 0.3) is 0 Å². The minimum atomic E-state index is 1.02. The van der Waals surface area contributed by atoms with Crippen molar-refractivity contribution in [2.75, 3.05) is 18.0 Å². The van der Waals surface area contributed by atoms with Gasteiger partial charge in [-0.3, -0.25) is 0 Å². The highest BCUT2D eigenvalue weighted by Gasteiger charge is 2.13. The Hall–Kier alpha value is -1.75. The van der Waals surface area contributed by atoms with Crippen LogP contribution in [0.5, 0.6) is 0 Å². The van der Waals surface area contributed by atoms with Gasteiger partial charge < -0.3 is 4.90 Å². The molecule has 82 valence electrons. The van der Waals surface area contributed by atoms with Crippen LogP contribution < -0.4 is 4.90 Å². The van der Waals surface area contributed by atoms with Gasteiger partial charge in [0.15, 0.2) is 0 Å². The zero-order chi connectivity index (χ0) is 11.4. The minimum absolute atomic E-state index is 1.02. The van der Waals surface area contributed by atoms with Gasteiger partial charge in [0, 0.05) is 24.9 Å². The molecule has 1 aromatic rings. The lowest BCUT2D eigenvalue weighted by Crippen LogP contribution is -2.30. The first-order chi connectivity index (χ1) is 7.79. The van der Waals surface area contributed by atoms with E-state index in [1.807, 2.05) is 0 Å². The number of allylic oxidation sites excluding steroid dienone is 1. The average molecular weight is 212 g/mol. The van der Waals surface area contributed by atoms with E-state index >= 15 is 0 Å². The van der Waals surface area contributed by atoms with Crippen LogP contribution >= 0.6 is 0 Å². The third kappa shape index (κ3) is 2.43. The van der Waals surface area contributed by atoms with Gasteiger partial charge in [0.05, 0.1) is 6.07 Å². The summed E-state index contributed by atoms with van der Waals surface area (Å²) in [6.45, 7) is 4.15. The average Bonchev–Trinajstić information content (AvgIpc) is 2.32. The SMILES string of the molecule is Cc1ccc(N2CCC(=CC#N)CC2)cc1. The first kappa shape index (κ1) is 10.8. The third-order valence-corrected chi connectivity index (χ3v) is 3.07. The fourth-order valence-corrected chi connectivity index (χ4v) is 2.04. The van der Waals surface area contributed by atoms with E-state index in [1.165, 1.54) is 16.8 Å². The molecule has 0 saturated carbocycles. The molecule has 0 amide bonds. The summed E-state index contributed by atoms with van der Waals surface area (Å²) >= 11 is 0. The maximum absolute atomic E-state index is 8.59. The predicted octanol–water partition coefficient (Wildman–Crippen LogP) is 3.05. The fraction of sp³-hybridized carbons (Fsp3) is 0.357. The molecule has 0 unspecified atom stereocenters. The fourth-order valence-electron chi connectivity index (χ4n) is 2.04. The maximum Gasteiger partial charge on any atom is 0.0911 e. The van der Waals surface area contributed by atoms with Gasteiger partial charge in [-0.15, -0.1) is 0 Å². The van der Waals surface area contributed by atoms with E-state index in [0.717, 1.165) is 25.9 Å². The summed E-state index contributed by atoms with van der Waals surface area (Å²) in [6.07, 6.45) is 3.73. The lowest BCUT2D eigenvalue weighted by Gasteiger charge is -2.30. The van der Waals surface area contributed by atoms with Crippen LogP contribution in [0.1, 0.15) is 18.4 Å². The Bertz CT molecular complexity index is 413. The molecular weight excluding hydrogens is 196 g/mol. The summed E-state index contributed by atoms with van der Waals surface area (Å²) in [5.41, 5.74) is 3.87. The molecular formula is C14H16N2. The van der Waals surface area contributed by atoms with E-state index in [2.05, 4.69) is 42.2 Å². The number of nitriles is 1. The highest BCUT2D eigenvalue weighted by atomic mass is 15.1. The third-order valence-electron chi connectivity index (χ3n) is 3.07. The number of nitrogens with zero attached hydrogens (tertiary/aromatic N) is 2. The van der Waals surface area contributed by atoms with Crippen molar-refractivity contribution in [2.24, 2.45) is 0 Å². The summed E-state index contributed by atoms with van der Waals surface area (Å²) in [6, 6.07) is 10.8. The normalized spacial score (nSPS) is 15.8. The molecule has 2 heteroatoms. The van der Waals surface area contributed by atoms with Gasteiger partial charge in [0.25, 0.3) is 0 Å². The molecule has 1 saturated heterocycles. The van der Waals surface area contributed by atoms with Gasteiger partial charge in [0.1, 0.15) is 0 Å². The second kappa shape index (κ2) is 4.85. The Kier molecular flexibility index (Phi) is 3.26. The Balaban J connectivity index is 2.02. The molecule has 0 aliphatic carbocycles. The second-order valence-electron chi connectivity index (χ2n) is 4.25. The Morgan fingerprint density at radius 1 is 1.19 bits per heavy atom. The summed E-state index contributed by atoms with van der Waals surface area (Å²) in [5.74, 6) is 0. The number of aryl methyl sites for hydroxylation is 1. The standard InChI is InChI=1S/C14H16N2/c1-12-2-4-14(5-3-12)16-10-7-13(6-9-15)8-11-16/h2-6H,7-8,10-11H2,1H3. The van der Waals surface area contributed by atoms with Crippen molar-refractivity contribution >= 4 is 5.69 Å². The van der Waals surface area contributed by atoms with E-state index in [-0.39, 0.29) is 0 Å². The number of benzene rings is 1. The predicted molar refractivity (Wildman–Crippen MR) is 66.3 cm³/mol. The second-order valence-corrected chi connectivity index (χ2v) is 4.25. The summed E-state index contributed by atoms with van der Waals surface area (Å²) < 4.78 is 0. The number of hydrogen-bond acceptors (Lipinski definition) is 2. The Morgan fingerprint density at radius 2 is 1.81 bits per heavy atom. The summed E-state index contributed by atoms with van der Waals surface area (Å²) in [5, 5.41) is 8.59. The first-order valence-corrected chi connectivity index (χ1v) is 5.69. The van der Waals surface area contributed by atoms with Crippen LogP contribution in [0.3, 0.4) is 0 Å². The molecule has 16 heavy (non-hydrogen) atoms. The lowest BCUT2D eigenvalue weighted by molar-refractivity contribution is 0.685. The van der Waals surface area contributed by atoms with Crippen LogP contribution in [-0.2, 0) is 0 Å². The number of rotatable bonds is 1. The molecule has 1 fully saturated rings. The number of anilines is 1. The number of hydrogen-bond donors (Lipinski definition) is 0. The molecule has 2 rings (SSSR count). The molecule has 1 aliphatic heterocycles. The van der Waals surface area contributed by atoms with E-state index in [1.54, 1.807) is 6.08 Å². The summed E-state index contributed by atoms with van der Waals surface area (Å²) in [7, 11) is 0. The minimum Gasteiger partial charge on any atom is -0.371 e. The van der Waals surface area contributed by atoms with Crippen LogP contribution in [0.15, 0.2) is 35.9 Å². The largest absolute Gasteiger partial charge is 0.371 e. The van der Waals surface area contributed by atoms with Crippen molar-refractivity contribution < 1.29 is 0 Å². The quantitative estimate of drug-likeness (QED) is 0.669. The van der Waals surface area contributed by atoms with Gasteiger partial charge >= 0.3 is 0 Å². The summed E-state index contributed by atoms with van der Waals surface area (Å²) in [4.78, 5) is 2.38. The van der Waals surface area contributed by atoms with E-state index < -0.39 is 0 Å². The first-order valence-electron chi connectivity index (χ1n) is 5.69. The van der Waals surface area contributed by atoms with Crippen molar-refractivity contribution in [3.63, 3.8) is 0 Å². The number of piperidine rings is 1. The van der Waals surface area contributed by atoms with Gasteiger partial charge in [-0.05, 0) is 31.9 Å². The molecule has 0 spiro atoms. The molecule has 0 N–H and O–H groups in total. The van der Waals surface area contributed by atoms with Crippen LogP contribution in [0, 0.1) is 18.3 Å². The molecule has 0 bridgehead atoms. The molecule has 0 atom stereocenters. The topological polar surface area (TPSA) is 27.0 Å². The van der Waals surface area contributed by atoms with Gasteiger partial charge in [-0.1, -0.05) is 23.3 Å². The molecule has 1 aliphatic rings. The maximum atomic E-state index is 8.59. The molecule has 1 heterocycles. The van der Waals surface area contributed by atoms with Crippen LogP contribution in [0.4, 0.5) is 5.69 Å². The van der Waals surface area contributed by atoms with Gasteiger partial charge in [0.2, 0.25) is 0 Å². The Labute approximate surface area is 96.8 Å². The molecule has 0 radical (unpaired) electrons.